The molecule has 2 N–H and O–H groups in total. The Balaban J connectivity index is 2.00. The molecular formula is C21H32ClN3O2. The minimum absolute atomic E-state index is 0.0357. The van der Waals surface area contributed by atoms with E-state index in [9.17, 15) is 9.59 Å². The fraction of sp³-hybridized carbons (Fsp3) is 0.619. The predicted octanol–water partition coefficient (Wildman–Crippen LogP) is 3.33. The first kappa shape index (κ1) is 21.7. The average Bonchev–Trinajstić information content (AvgIpc) is 2.70. The fourth-order valence-corrected chi connectivity index (χ4v) is 3.54. The fourth-order valence-electron chi connectivity index (χ4n) is 3.41. The molecule has 1 fully saturated rings. The van der Waals surface area contributed by atoms with E-state index in [0.717, 1.165) is 45.4 Å². The van der Waals surface area contributed by atoms with Crippen molar-refractivity contribution in [1.29, 1.82) is 0 Å². The number of nitrogens with one attached hydrogen (secondary N) is 2. The quantitative estimate of drug-likeness (QED) is 0.712. The zero-order valence-corrected chi connectivity index (χ0v) is 17.4. The van der Waals surface area contributed by atoms with Crippen molar-refractivity contribution in [2.75, 3.05) is 26.2 Å². The Hall–Kier alpha value is -1.59. The second-order valence-electron chi connectivity index (χ2n) is 7.42. The molecule has 0 bridgehead atoms. The highest BCUT2D eigenvalue weighted by molar-refractivity contribution is 6.30. The summed E-state index contributed by atoms with van der Waals surface area (Å²) in [6.45, 7) is 9.69. The van der Waals surface area contributed by atoms with Crippen LogP contribution in [-0.2, 0) is 4.79 Å². The maximum absolute atomic E-state index is 13.1. The van der Waals surface area contributed by atoms with E-state index in [1.807, 2.05) is 18.7 Å². The first-order valence-electron chi connectivity index (χ1n) is 10.0. The van der Waals surface area contributed by atoms with E-state index < -0.39 is 6.04 Å². The topological polar surface area (TPSA) is 61.4 Å². The van der Waals surface area contributed by atoms with Crippen LogP contribution in [0.5, 0.6) is 0 Å². The van der Waals surface area contributed by atoms with E-state index in [4.69, 9.17) is 11.6 Å². The maximum Gasteiger partial charge on any atom is 0.251 e. The Morgan fingerprint density at radius 3 is 2.37 bits per heavy atom. The van der Waals surface area contributed by atoms with Gasteiger partial charge in [-0.3, -0.25) is 9.59 Å². The summed E-state index contributed by atoms with van der Waals surface area (Å²) in [4.78, 5) is 27.6. The van der Waals surface area contributed by atoms with E-state index in [0.29, 0.717) is 16.5 Å². The van der Waals surface area contributed by atoms with Gasteiger partial charge in [0.15, 0.2) is 0 Å². The third-order valence-corrected chi connectivity index (χ3v) is 5.73. The Bertz CT molecular complexity index is 612. The third kappa shape index (κ3) is 6.22. The second kappa shape index (κ2) is 10.7. The number of hydrogen-bond acceptors (Lipinski definition) is 3. The van der Waals surface area contributed by atoms with Crippen LogP contribution in [0, 0.1) is 11.8 Å². The van der Waals surface area contributed by atoms with Gasteiger partial charge in [0.1, 0.15) is 6.04 Å². The van der Waals surface area contributed by atoms with Crippen LogP contribution in [0.4, 0.5) is 0 Å². The first-order chi connectivity index (χ1) is 13.0. The molecule has 0 aliphatic carbocycles. The summed E-state index contributed by atoms with van der Waals surface area (Å²) in [5, 5.41) is 6.94. The number of hydrogen-bond donors (Lipinski definition) is 2. The minimum atomic E-state index is -0.497. The summed E-state index contributed by atoms with van der Waals surface area (Å²) in [7, 11) is 0. The number of amides is 2. The second-order valence-corrected chi connectivity index (χ2v) is 7.86. The molecule has 0 spiro atoms. The number of benzene rings is 1. The molecule has 0 radical (unpaired) electrons. The van der Waals surface area contributed by atoms with E-state index in [1.165, 1.54) is 0 Å². The first-order valence-corrected chi connectivity index (χ1v) is 10.4. The van der Waals surface area contributed by atoms with Gasteiger partial charge in [0, 0.05) is 23.7 Å². The molecule has 27 heavy (non-hydrogen) atoms. The van der Waals surface area contributed by atoms with Gasteiger partial charge in [0.05, 0.1) is 0 Å². The standard InChI is InChI=1S/C21H32ClN3O2/c1-4-15(3)19(24-20(26)17-6-8-18(22)9-7-17)21(27)25-12-10-16(11-13-25)14-23-5-2/h6-9,15-16,19,23H,4-5,10-14H2,1-3H3,(H,24,26). The average molecular weight is 394 g/mol. The summed E-state index contributed by atoms with van der Waals surface area (Å²) in [5.41, 5.74) is 0.518. The van der Waals surface area contributed by atoms with Gasteiger partial charge in [0.25, 0.3) is 5.91 Å². The molecule has 150 valence electrons. The molecule has 1 aliphatic rings. The summed E-state index contributed by atoms with van der Waals surface area (Å²) in [6, 6.07) is 6.24. The number of carbonyl (C=O) groups excluding carboxylic acids is 2. The van der Waals surface area contributed by atoms with Crippen molar-refractivity contribution in [2.45, 2.75) is 46.1 Å². The van der Waals surface area contributed by atoms with E-state index in [1.54, 1.807) is 24.3 Å². The molecule has 6 heteroatoms. The van der Waals surface area contributed by atoms with Gasteiger partial charge in [-0.15, -0.1) is 0 Å². The highest BCUT2D eigenvalue weighted by Gasteiger charge is 2.32. The van der Waals surface area contributed by atoms with Gasteiger partial charge in [-0.25, -0.2) is 0 Å². The maximum atomic E-state index is 13.1. The molecule has 2 atom stereocenters. The third-order valence-electron chi connectivity index (χ3n) is 5.48. The highest BCUT2D eigenvalue weighted by Crippen LogP contribution is 2.20. The van der Waals surface area contributed by atoms with Gasteiger partial charge in [-0.1, -0.05) is 38.8 Å². The molecule has 1 aromatic rings. The van der Waals surface area contributed by atoms with Crippen molar-refractivity contribution < 1.29 is 9.59 Å². The Morgan fingerprint density at radius 2 is 1.81 bits per heavy atom. The van der Waals surface area contributed by atoms with Crippen molar-refractivity contribution >= 4 is 23.4 Å². The lowest BCUT2D eigenvalue weighted by Crippen LogP contribution is -2.53. The molecule has 2 unspecified atom stereocenters. The van der Waals surface area contributed by atoms with Crippen LogP contribution < -0.4 is 10.6 Å². The van der Waals surface area contributed by atoms with Gasteiger partial charge < -0.3 is 15.5 Å². The summed E-state index contributed by atoms with van der Waals surface area (Å²) in [5.74, 6) is 0.508. The Kier molecular flexibility index (Phi) is 8.58. The summed E-state index contributed by atoms with van der Waals surface area (Å²) >= 11 is 5.89. The van der Waals surface area contributed by atoms with Crippen LogP contribution in [-0.4, -0.2) is 48.9 Å². The van der Waals surface area contributed by atoms with Crippen molar-refractivity contribution in [3.8, 4) is 0 Å². The zero-order chi connectivity index (χ0) is 19.8. The van der Waals surface area contributed by atoms with E-state index in [2.05, 4.69) is 17.6 Å². The molecule has 1 aromatic carbocycles. The molecule has 1 saturated heterocycles. The van der Waals surface area contributed by atoms with Crippen molar-refractivity contribution in [3.05, 3.63) is 34.9 Å². The summed E-state index contributed by atoms with van der Waals surface area (Å²) in [6.07, 6.45) is 2.85. The Labute approximate surface area is 167 Å². The molecule has 1 heterocycles. The van der Waals surface area contributed by atoms with Crippen LogP contribution in [0.3, 0.4) is 0 Å². The van der Waals surface area contributed by atoms with Gasteiger partial charge in [0.2, 0.25) is 5.91 Å². The monoisotopic (exact) mass is 393 g/mol. The molecule has 1 aliphatic heterocycles. The van der Waals surface area contributed by atoms with E-state index in [-0.39, 0.29) is 17.7 Å². The molecule has 0 aromatic heterocycles. The minimum Gasteiger partial charge on any atom is -0.341 e. The smallest absolute Gasteiger partial charge is 0.251 e. The Morgan fingerprint density at radius 1 is 1.19 bits per heavy atom. The van der Waals surface area contributed by atoms with E-state index >= 15 is 0 Å². The number of likely N-dealkylation sites (tertiary alicyclic amines) is 1. The lowest BCUT2D eigenvalue weighted by Gasteiger charge is -2.36. The lowest BCUT2D eigenvalue weighted by molar-refractivity contribution is -0.135. The van der Waals surface area contributed by atoms with Gasteiger partial charge >= 0.3 is 0 Å². The van der Waals surface area contributed by atoms with Gasteiger partial charge in [-0.2, -0.15) is 0 Å². The van der Waals surface area contributed by atoms with Crippen molar-refractivity contribution in [1.82, 2.24) is 15.5 Å². The molecule has 0 saturated carbocycles. The normalized spacial score (nSPS) is 17.4. The SMILES string of the molecule is CCNCC1CCN(C(=O)C(NC(=O)c2ccc(Cl)cc2)C(C)CC)CC1. The van der Waals surface area contributed by atoms with Gasteiger partial charge in [-0.05, 0) is 62.0 Å². The lowest BCUT2D eigenvalue weighted by atomic mass is 9.93. The zero-order valence-electron chi connectivity index (χ0n) is 16.6. The molecule has 2 amide bonds. The molecular weight excluding hydrogens is 362 g/mol. The number of halogens is 1. The van der Waals surface area contributed by atoms with Crippen LogP contribution in [0.15, 0.2) is 24.3 Å². The van der Waals surface area contributed by atoms with Crippen LogP contribution >= 0.6 is 11.6 Å². The van der Waals surface area contributed by atoms with Crippen molar-refractivity contribution in [3.63, 3.8) is 0 Å². The molecule has 2 rings (SSSR count). The predicted molar refractivity (Wildman–Crippen MR) is 110 cm³/mol. The van der Waals surface area contributed by atoms with Crippen LogP contribution in [0.25, 0.3) is 0 Å². The molecule has 5 nitrogen and oxygen atoms in total. The summed E-state index contributed by atoms with van der Waals surface area (Å²) < 4.78 is 0. The largest absolute Gasteiger partial charge is 0.341 e. The van der Waals surface area contributed by atoms with Crippen LogP contribution in [0.1, 0.15) is 50.4 Å². The van der Waals surface area contributed by atoms with Crippen molar-refractivity contribution in [2.24, 2.45) is 11.8 Å². The highest BCUT2D eigenvalue weighted by atomic mass is 35.5. The number of carbonyl (C=O) groups is 2. The number of rotatable bonds is 8. The number of piperidine rings is 1. The van der Waals surface area contributed by atoms with Crippen LogP contribution in [0.2, 0.25) is 5.02 Å². The number of nitrogens with zero attached hydrogens (tertiary/aromatic N) is 1.